The van der Waals surface area contributed by atoms with Gasteiger partial charge in [0.1, 0.15) is 18.1 Å². The van der Waals surface area contributed by atoms with Gasteiger partial charge in [0.15, 0.2) is 0 Å². The zero-order chi connectivity index (χ0) is 33.7. The molecule has 240 valence electrons. The van der Waals surface area contributed by atoms with Gasteiger partial charge in [0, 0.05) is 0 Å². The van der Waals surface area contributed by atoms with Crippen LogP contribution >= 0.6 is 22.7 Å². The predicted molar refractivity (Wildman–Crippen MR) is 219 cm³/mol. The lowest BCUT2D eigenvalue weighted by Gasteiger charge is -2.26. The van der Waals surface area contributed by atoms with Crippen molar-refractivity contribution >= 4 is 72.7 Å². The molecular weight excluding hydrogens is 661 g/mol. The smallest absolute Gasteiger partial charge is 0.124 e. The summed E-state index contributed by atoms with van der Waals surface area (Å²) >= 11 is 3.67. The fourth-order valence-electron chi connectivity index (χ4n) is 7.44. The Labute approximate surface area is 301 Å². The lowest BCUT2D eigenvalue weighted by atomic mass is 9.91. The summed E-state index contributed by atoms with van der Waals surface area (Å²) in [5.41, 5.74) is 12.0. The highest BCUT2D eigenvalue weighted by atomic mass is 32.1. The lowest BCUT2D eigenvalue weighted by molar-refractivity contribution is 1.37. The van der Waals surface area contributed by atoms with Gasteiger partial charge in [0.2, 0.25) is 0 Å². The Kier molecular flexibility index (Phi) is 7.77. The monoisotopic (exact) mass is 694 g/mol. The Hall–Kier alpha value is -5.20. The van der Waals surface area contributed by atoms with Gasteiger partial charge >= 0.3 is 0 Å². The van der Waals surface area contributed by atoms with E-state index in [0.29, 0.717) is 0 Å². The number of rotatable bonds is 7. The van der Waals surface area contributed by atoms with Gasteiger partial charge in [-0.25, -0.2) is 9.97 Å². The number of aromatic nitrogens is 2. The van der Waals surface area contributed by atoms with E-state index >= 15 is 0 Å². The maximum absolute atomic E-state index is 5.50. The molecule has 0 unspecified atom stereocenters. The Morgan fingerprint density at radius 3 is 1.16 bits per heavy atom. The first-order valence-electron chi connectivity index (χ1n) is 17.1. The number of hydrogen-bond acceptors (Lipinski definition) is 4. The van der Waals surface area contributed by atoms with Crippen molar-refractivity contribution in [2.45, 2.75) is 19.5 Å². The maximum Gasteiger partial charge on any atom is 0.124 e. The average Bonchev–Trinajstić information content (AvgIpc) is 3.87. The van der Waals surface area contributed by atoms with E-state index in [-0.39, 0.29) is 0 Å². The number of hydrogen-bond donors (Lipinski definition) is 0. The van der Waals surface area contributed by atoms with E-state index < -0.39 is 8.07 Å². The number of fused-ring (bicyclic) bond motifs is 2. The fourth-order valence-corrected chi connectivity index (χ4v) is 14.6. The standard InChI is InChI=1S/C45H34N2S2Si/c1-3-50(2)42(44-46-36-28-34(24-26-38(36)48-44)30-16-8-4-9-17-30)40(32-20-12-6-13-21-32)41(33-22-14-7-15-23-33)43(50)45-47-37-29-35(25-27-39(37)49-45)31-18-10-5-11-19-31/h4-29H,3H2,1-2H3. The van der Waals surface area contributed by atoms with Gasteiger partial charge in [0.05, 0.1) is 20.4 Å². The van der Waals surface area contributed by atoms with E-state index in [1.54, 1.807) is 0 Å². The predicted octanol–water partition coefficient (Wildman–Crippen LogP) is 13.0. The molecule has 8 aromatic rings. The van der Waals surface area contributed by atoms with Crippen LogP contribution in [0.3, 0.4) is 0 Å². The second-order valence-corrected chi connectivity index (χ2v) is 19.5. The Morgan fingerprint density at radius 1 is 0.440 bits per heavy atom. The molecule has 9 rings (SSSR count). The molecular formula is C45H34N2S2Si. The number of benzene rings is 6. The normalized spacial score (nSPS) is 14.3. The molecule has 0 amide bonds. The van der Waals surface area contributed by atoms with Crippen molar-refractivity contribution in [3.8, 4) is 22.3 Å². The largest absolute Gasteiger partial charge is 0.237 e. The van der Waals surface area contributed by atoms with Crippen molar-refractivity contribution in [2.75, 3.05) is 0 Å². The fraction of sp³-hybridized carbons (Fsp3) is 0.0667. The molecule has 0 saturated carbocycles. The first-order valence-corrected chi connectivity index (χ1v) is 21.5. The highest BCUT2D eigenvalue weighted by Crippen LogP contribution is 2.58. The van der Waals surface area contributed by atoms with Gasteiger partial charge < -0.3 is 0 Å². The summed E-state index contributed by atoms with van der Waals surface area (Å²) in [5, 5.41) is 5.12. The molecule has 50 heavy (non-hydrogen) atoms. The minimum absolute atomic E-state index is 1.04. The Bertz CT molecular complexity index is 2390. The molecule has 6 aromatic carbocycles. The minimum Gasteiger partial charge on any atom is -0.237 e. The Morgan fingerprint density at radius 2 is 0.800 bits per heavy atom. The lowest BCUT2D eigenvalue weighted by Crippen LogP contribution is -2.32. The first kappa shape index (κ1) is 30.8. The summed E-state index contributed by atoms with van der Waals surface area (Å²) in [5.74, 6) is 0. The van der Waals surface area contributed by atoms with Crippen LogP contribution in [-0.2, 0) is 0 Å². The molecule has 0 atom stereocenters. The molecule has 3 heterocycles. The topological polar surface area (TPSA) is 25.8 Å². The molecule has 1 aliphatic rings. The molecule has 1 aliphatic heterocycles. The van der Waals surface area contributed by atoms with Crippen LogP contribution in [0.5, 0.6) is 0 Å². The second-order valence-electron chi connectivity index (χ2n) is 13.1. The highest BCUT2D eigenvalue weighted by Gasteiger charge is 2.48. The van der Waals surface area contributed by atoms with Crippen molar-refractivity contribution < 1.29 is 0 Å². The number of allylic oxidation sites excluding steroid dienone is 2. The molecule has 2 nitrogen and oxygen atoms in total. The third-order valence-electron chi connectivity index (χ3n) is 10.1. The van der Waals surface area contributed by atoms with Crippen molar-refractivity contribution in [1.82, 2.24) is 9.97 Å². The van der Waals surface area contributed by atoms with E-state index in [2.05, 4.69) is 171 Å². The van der Waals surface area contributed by atoms with Crippen LogP contribution in [0.15, 0.2) is 158 Å². The van der Waals surface area contributed by atoms with Crippen molar-refractivity contribution in [2.24, 2.45) is 0 Å². The maximum atomic E-state index is 5.50. The van der Waals surface area contributed by atoms with Crippen molar-refractivity contribution in [1.29, 1.82) is 0 Å². The zero-order valence-corrected chi connectivity index (χ0v) is 30.6. The number of thiazole rings is 2. The third kappa shape index (κ3) is 5.21. The van der Waals surface area contributed by atoms with Gasteiger partial charge in [-0.15, -0.1) is 22.7 Å². The van der Waals surface area contributed by atoms with Crippen LogP contribution in [0.1, 0.15) is 28.1 Å². The van der Waals surface area contributed by atoms with E-state index in [4.69, 9.17) is 9.97 Å². The highest BCUT2D eigenvalue weighted by molar-refractivity contribution is 7.27. The van der Waals surface area contributed by atoms with Crippen LogP contribution in [0.4, 0.5) is 0 Å². The third-order valence-corrected chi connectivity index (χ3v) is 17.2. The van der Waals surface area contributed by atoms with E-state index in [1.165, 1.54) is 64.3 Å². The molecule has 0 radical (unpaired) electrons. The zero-order valence-electron chi connectivity index (χ0n) is 27.9. The molecule has 0 fully saturated rings. The summed E-state index contributed by atoms with van der Waals surface area (Å²) in [6.07, 6.45) is 0. The molecule has 0 N–H and O–H groups in total. The Balaban J connectivity index is 1.30. The van der Waals surface area contributed by atoms with Gasteiger partial charge in [-0.2, -0.15) is 0 Å². The van der Waals surface area contributed by atoms with Crippen LogP contribution in [0.25, 0.3) is 64.2 Å². The molecule has 0 spiro atoms. The van der Waals surface area contributed by atoms with E-state index in [0.717, 1.165) is 27.1 Å². The molecule has 2 aromatic heterocycles. The van der Waals surface area contributed by atoms with Crippen LogP contribution in [-0.4, -0.2) is 18.0 Å². The van der Waals surface area contributed by atoms with Crippen molar-refractivity contribution in [3.63, 3.8) is 0 Å². The summed E-state index contributed by atoms with van der Waals surface area (Å²) in [7, 11) is -2.42. The molecule has 0 bridgehead atoms. The number of nitrogens with zero attached hydrogens (tertiary/aromatic N) is 2. The average molecular weight is 695 g/mol. The summed E-state index contributed by atoms with van der Waals surface area (Å²) in [6.45, 7) is 4.93. The first-order chi connectivity index (χ1) is 24.6. The summed E-state index contributed by atoms with van der Waals surface area (Å²) in [6, 6.07) is 57.8. The van der Waals surface area contributed by atoms with Gasteiger partial charge in [-0.1, -0.05) is 153 Å². The summed E-state index contributed by atoms with van der Waals surface area (Å²) in [4.78, 5) is 11.0. The molecule has 0 saturated heterocycles. The van der Waals surface area contributed by atoms with Gasteiger partial charge in [0.25, 0.3) is 0 Å². The van der Waals surface area contributed by atoms with E-state index in [9.17, 15) is 0 Å². The van der Waals surface area contributed by atoms with Gasteiger partial charge in [-0.05, 0) is 79.2 Å². The minimum atomic E-state index is -2.42. The van der Waals surface area contributed by atoms with Crippen LogP contribution < -0.4 is 0 Å². The summed E-state index contributed by atoms with van der Waals surface area (Å²) < 4.78 is 2.44. The van der Waals surface area contributed by atoms with Gasteiger partial charge in [-0.3, -0.25) is 0 Å². The molecule has 0 aliphatic carbocycles. The van der Waals surface area contributed by atoms with E-state index in [1.807, 2.05) is 22.7 Å². The molecule has 5 heteroatoms. The van der Waals surface area contributed by atoms with Crippen LogP contribution in [0.2, 0.25) is 12.6 Å². The van der Waals surface area contributed by atoms with Crippen molar-refractivity contribution in [3.05, 3.63) is 179 Å². The SMILES string of the molecule is CC[Si]1(C)C(c2nc3cc(-c4ccccc4)ccc3s2)=C(c2ccccc2)C(c2ccccc2)=C1c1nc2cc(-c3ccccc3)ccc2s1. The quantitative estimate of drug-likeness (QED) is 0.155. The van der Waals surface area contributed by atoms with Crippen LogP contribution in [0, 0.1) is 0 Å². The second kappa shape index (κ2) is 12.6.